The third-order valence-electron chi connectivity index (χ3n) is 7.76. The molecule has 208 valence electrons. The highest BCUT2D eigenvalue weighted by atomic mass is 16.1. The van der Waals surface area contributed by atoms with E-state index in [1.807, 2.05) is 42.3 Å². The van der Waals surface area contributed by atoms with Crippen LogP contribution < -0.4 is 4.90 Å². The van der Waals surface area contributed by atoms with Crippen LogP contribution in [0.1, 0.15) is 67.0 Å². The van der Waals surface area contributed by atoms with E-state index in [0.29, 0.717) is 11.6 Å². The molecule has 0 N–H and O–H groups in total. The lowest BCUT2D eigenvalue weighted by Gasteiger charge is -2.33. The number of likely N-dealkylation sites (N-methyl/N-ethyl adjacent to an activating group) is 1. The second-order valence-electron chi connectivity index (χ2n) is 12.1. The van der Waals surface area contributed by atoms with E-state index >= 15 is 0 Å². The molecule has 0 bridgehead atoms. The van der Waals surface area contributed by atoms with Crippen LogP contribution in [0.3, 0.4) is 0 Å². The van der Waals surface area contributed by atoms with Crippen LogP contribution in [0, 0.1) is 6.92 Å². The molecule has 0 radical (unpaired) electrons. The Hall–Kier alpha value is -3.92. The molecule has 10 nitrogen and oxygen atoms in total. The van der Waals surface area contributed by atoms with Gasteiger partial charge in [-0.15, -0.1) is 5.10 Å². The van der Waals surface area contributed by atoms with Crippen molar-refractivity contribution in [3.63, 3.8) is 0 Å². The predicted octanol–water partition coefficient (Wildman–Crippen LogP) is 4.04. The Labute approximate surface area is 235 Å². The van der Waals surface area contributed by atoms with Crippen LogP contribution >= 0.6 is 0 Å². The summed E-state index contributed by atoms with van der Waals surface area (Å²) in [6, 6.07) is 6.08. The number of rotatable bonds is 7. The number of ketones is 1. The molecule has 1 saturated heterocycles. The summed E-state index contributed by atoms with van der Waals surface area (Å²) in [6.07, 6.45) is 9.94. The highest BCUT2D eigenvalue weighted by Gasteiger charge is 2.32. The number of nitrogens with zero attached hydrogens (tertiary/aromatic N) is 9. The van der Waals surface area contributed by atoms with Crippen LogP contribution in [0.25, 0.3) is 16.9 Å². The van der Waals surface area contributed by atoms with Gasteiger partial charge in [0.2, 0.25) is 0 Å². The molecule has 1 aliphatic carbocycles. The Kier molecular flexibility index (Phi) is 6.74. The molecule has 2 fully saturated rings. The smallest absolute Gasteiger partial charge is 0.187 e. The molecule has 6 rings (SSSR count). The van der Waals surface area contributed by atoms with Crippen molar-refractivity contribution < 1.29 is 4.79 Å². The molecule has 4 aromatic rings. The number of aromatic nitrogens is 7. The number of aryl methyl sites for hydroxylation is 1. The summed E-state index contributed by atoms with van der Waals surface area (Å²) in [6.45, 7) is 12.3. The van der Waals surface area contributed by atoms with E-state index in [9.17, 15) is 4.79 Å². The SMILES string of the molecule is Cc1ncc(CC(=O)c2cc(C3CC3)n(C(C)(C)C)n2)cc1-n1cc(-c2cncc(N3CCN(C)CC3)c2)nn1. The number of carbonyl (C=O) groups excluding carboxylic acids is 1. The van der Waals surface area contributed by atoms with Crippen molar-refractivity contribution >= 4 is 11.5 Å². The van der Waals surface area contributed by atoms with Crippen molar-refractivity contribution in [2.24, 2.45) is 0 Å². The molecule has 0 aromatic carbocycles. The van der Waals surface area contributed by atoms with Gasteiger partial charge in [0.15, 0.2) is 5.78 Å². The summed E-state index contributed by atoms with van der Waals surface area (Å²) < 4.78 is 3.76. The van der Waals surface area contributed by atoms with Gasteiger partial charge in [-0.2, -0.15) is 5.10 Å². The molecule has 2 aliphatic rings. The lowest BCUT2D eigenvalue weighted by atomic mass is 10.1. The first-order chi connectivity index (χ1) is 19.2. The van der Waals surface area contributed by atoms with Gasteiger partial charge in [-0.25, -0.2) is 4.68 Å². The maximum absolute atomic E-state index is 13.3. The molecule has 5 heterocycles. The molecule has 0 spiro atoms. The maximum atomic E-state index is 13.3. The van der Waals surface area contributed by atoms with Gasteiger partial charge in [0.1, 0.15) is 11.4 Å². The Morgan fingerprint density at radius 1 is 1.02 bits per heavy atom. The van der Waals surface area contributed by atoms with Crippen molar-refractivity contribution in [3.8, 4) is 16.9 Å². The molecule has 1 saturated carbocycles. The molecule has 0 amide bonds. The topological polar surface area (TPSA) is 97.9 Å². The Morgan fingerprint density at radius 3 is 2.52 bits per heavy atom. The number of carbonyl (C=O) groups is 1. The number of pyridine rings is 2. The van der Waals surface area contributed by atoms with E-state index in [1.165, 1.54) is 5.69 Å². The summed E-state index contributed by atoms with van der Waals surface area (Å²) >= 11 is 0. The molecule has 0 atom stereocenters. The number of piperazine rings is 1. The van der Waals surface area contributed by atoms with Crippen molar-refractivity contribution in [2.75, 3.05) is 38.1 Å². The fraction of sp³-hybridized carbons (Fsp3) is 0.467. The normalized spacial score (nSPS) is 16.5. The minimum atomic E-state index is -0.167. The van der Waals surface area contributed by atoms with E-state index in [4.69, 9.17) is 5.10 Å². The largest absolute Gasteiger partial charge is 0.368 e. The van der Waals surface area contributed by atoms with Crippen LogP contribution in [0.15, 0.2) is 43.0 Å². The van der Waals surface area contributed by atoms with Gasteiger partial charge >= 0.3 is 0 Å². The third kappa shape index (κ3) is 5.40. The van der Waals surface area contributed by atoms with Crippen LogP contribution in [-0.2, 0) is 12.0 Å². The zero-order valence-electron chi connectivity index (χ0n) is 24.0. The third-order valence-corrected chi connectivity index (χ3v) is 7.76. The molecule has 10 heteroatoms. The Bertz CT molecular complexity index is 1530. The molecule has 4 aromatic heterocycles. The van der Waals surface area contributed by atoms with Gasteiger partial charge in [-0.05, 0) is 71.3 Å². The van der Waals surface area contributed by atoms with Crippen LogP contribution in [0.5, 0.6) is 0 Å². The minimum Gasteiger partial charge on any atom is -0.368 e. The zero-order chi connectivity index (χ0) is 28.0. The van der Waals surface area contributed by atoms with Crippen molar-refractivity contribution in [1.82, 2.24) is 39.6 Å². The van der Waals surface area contributed by atoms with Gasteiger partial charge in [-0.3, -0.25) is 19.4 Å². The first kappa shape index (κ1) is 26.3. The van der Waals surface area contributed by atoms with Crippen molar-refractivity contribution in [3.05, 3.63) is 65.6 Å². The van der Waals surface area contributed by atoms with E-state index in [-0.39, 0.29) is 17.7 Å². The molecular weight excluding hydrogens is 502 g/mol. The van der Waals surface area contributed by atoms with E-state index in [1.54, 1.807) is 10.9 Å². The van der Waals surface area contributed by atoms with E-state index in [0.717, 1.165) is 72.9 Å². The fourth-order valence-corrected chi connectivity index (χ4v) is 5.23. The summed E-state index contributed by atoms with van der Waals surface area (Å²) in [7, 11) is 2.15. The van der Waals surface area contributed by atoms with Crippen molar-refractivity contribution in [2.45, 2.75) is 58.4 Å². The maximum Gasteiger partial charge on any atom is 0.187 e. The second kappa shape index (κ2) is 10.2. The van der Waals surface area contributed by atoms with E-state index in [2.05, 4.69) is 64.0 Å². The van der Waals surface area contributed by atoms with Gasteiger partial charge in [-0.1, -0.05) is 5.21 Å². The highest BCUT2D eigenvalue weighted by Crippen LogP contribution is 2.41. The summed E-state index contributed by atoms with van der Waals surface area (Å²) in [5.74, 6) is 0.507. The average Bonchev–Trinajstić information content (AvgIpc) is 3.47. The van der Waals surface area contributed by atoms with E-state index < -0.39 is 0 Å². The average molecular weight is 540 g/mol. The summed E-state index contributed by atoms with van der Waals surface area (Å²) in [4.78, 5) is 27.0. The zero-order valence-corrected chi connectivity index (χ0v) is 24.0. The standard InChI is InChI=1S/C30H37N9O/c1-20-27(38-19-26(33-35-38)23-14-24(18-31-17-23)37-10-8-36(5)9-11-37)12-21(16-32-20)13-29(40)25-15-28(22-6-7-22)39(34-25)30(2,3)4/h12,14-19,22H,6-11,13H2,1-5H3. The van der Waals surface area contributed by atoms with Crippen molar-refractivity contribution in [1.29, 1.82) is 0 Å². The predicted molar refractivity (Wildman–Crippen MR) is 154 cm³/mol. The number of anilines is 1. The number of hydrogen-bond donors (Lipinski definition) is 0. The molecule has 0 unspecified atom stereocenters. The summed E-state index contributed by atoms with van der Waals surface area (Å²) in [5.41, 5.74) is 6.70. The number of Topliss-reactive ketones (excluding diaryl/α,β-unsaturated/α-hetero) is 1. The first-order valence-electron chi connectivity index (χ1n) is 14.1. The van der Waals surface area contributed by atoms with Gasteiger partial charge < -0.3 is 9.80 Å². The second-order valence-corrected chi connectivity index (χ2v) is 12.1. The van der Waals surface area contributed by atoms with Gasteiger partial charge in [0.05, 0.1) is 35.0 Å². The van der Waals surface area contributed by atoms with Crippen LogP contribution in [-0.4, -0.2) is 78.7 Å². The molecule has 1 aliphatic heterocycles. The monoisotopic (exact) mass is 539 g/mol. The lowest BCUT2D eigenvalue weighted by molar-refractivity contribution is 0.0986. The first-order valence-corrected chi connectivity index (χ1v) is 14.1. The lowest BCUT2D eigenvalue weighted by Crippen LogP contribution is -2.44. The number of hydrogen-bond acceptors (Lipinski definition) is 8. The molecule has 40 heavy (non-hydrogen) atoms. The highest BCUT2D eigenvalue weighted by molar-refractivity contribution is 5.96. The van der Waals surface area contributed by atoms with Crippen LogP contribution in [0.4, 0.5) is 5.69 Å². The van der Waals surface area contributed by atoms with Gasteiger partial charge in [0.25, 0.3) is 0 Å². The molecular formula is C30H37N9O. The summed E-state index contributed by atoms with van der Waals surface area (Å²) in [5, 5.41) is 13.6. The Morgan fingerprint density at radius 2 is 1.80 bits per heavy atom. The minimum absolute atomic E-state index is 0.00687. The quantitative estimate of drug-likeness (QED) is 0.325. The Balaban J connectivity index is 1.21. The van der Waals surface area contributed by atoms with Crippen LogP contribution in [0.2, 0.25) is 0 Å². The van der Waals surface area contributed by atoms with Gasteiger partial charge in [0, 0.05) is 62.2 Å². The fourth-order valence-electron chi connectivity index (χ4n) is 5.23.